The lowest BCUT2D eigenvalue weighted by atomic mass is 9.86. The molecule has 2 aromatic rings. The predicted octanol–water partition coefficient (Wildman–Crippen LogP) is 5.06. The molecule has 0 fully saturated rings. The van der Waals surface area contributed by atoms with Crippen molar-refractivity contribution in [3.05, 3.63) is 51.5 Å². The molecule has 1 amide bonds. The minimum atomic E-state index is -0.434. The molecule has 0 aliphatic carbocycles. The van der Waals surface area contributed by atoms with Crippen molar-refractivity contribution in [2.75, 3.05) is 6.61 Å². The van der Waals surface area contributed by atoms with Crippen LogP contribution in [0.5, 0.6) is 0 Å². The van der Waals surface area contributed by atoms with E-state index >= 15 is 0 Å². The number of carbonyl (C=O) groups excluding carboxylic acids is 2. The van der Waals surface area contributed by atoms with Gasteiger partial charge in [0.2, 0.25) is 0 Å². The zero-order chi connectivity index (χ0) is 21.1. The Balaban J connectivity index is 2.24. The first-order valence-corrected chi connectivity index (χ1v) is 10.4. The van der Waals surface area contributed by atoms with Gasteiger partial charge < -0.3 is 9.64 Å². The van der Waals surface area contributed by atoms with Gasteiger partial charge in [-0.05, 0) is 50.8 Å². The highest BCUT2D eigenvalue weighted by Crippen LogP contribution is 2.25. The molecule has 0 N–H and O–H groups in total. The standard InChI is InChI=1S/C22H30N2O3S/c1-8-27-20(26)17-14-28-18(23-17)13-24(22(5,6)7)19(25)15-9-11-16(12-10-15)21(2,3)4/h9-12,14H,8,13H2,1-7H3. The van der Waals surface area contributed by atoms with E-state index in [0.717, 1.165) is 0 Å². The third-order valence-electron chi connectivity index (χ3n) is 4.38. The van der Waals surface area contributed by atoms with E-state index in [1.54, 1.807) is 17.2 Å². The molecule has 0 aliphatic rings. The van der Waals surface area contributed by atoms with Crippen LogP contribution < -0.4 is 0 Å². The molecular weight excluding hydrogens is 372 g/mol. The molecule has 0 aliphatic heterocycles. The van der Waals surface area contributed by atoms with Crippen LogP contribution in [0.3, 0.4) is 0 Å². The molecule has 5 nitrogen and oxygen atoms in total. The van der Waals surface area contributed by atoms with E-state index in [9.17, 15) is 9.59 Å². The van der Waals surface area contributed by atoms with Crippen LogP contribution >= 0.6 is 11.3 Å². The summed E-state index contributed by atoms with van der Waals surface area (Å²) in [5.74, 6) is -0.489. The van der Waals surface area contributed by atoms with Crippen LogP contribution in [-0.4, -0.2) is 33.9 Å². The van der Waals surface area contributed by atoms with Gasteiger partial charge in [0.15, 0.2) is 5.69 Å². The number of aromatic nitrogens is 1. The van der Waals surface area contributed by atoms with Crippen LogP contribution in [0, 0.1) is 0 Å². The first-order chi connectivity index (χ1) is 12.9. The van der Waals surface area contributed by atoms with Crippen molar-refractivity contribution in [1.29, 1.82) is 0 Å². The topological polar surface area (TPSA) is 59.5 Å². The summed E-state index contributed by atoms with van der Waals surface area (Å²) < 4.78 is 4.99. The zero-order valence-electron chi connectivity index (χ0n) is 17.8. The van der Waals surface area contributed by atoms with Crippen LogP contribution in [0.2, 0.25) is 0 Å². The van der Waals surface area contributed by atoms with Gasteiger partial charge in [-0.3, -0.25) is 4.79 Å². The molecule has 6 heteroatoms. The summed E-state index contributed by atoms with van der Waals surface area (Å²) in [5.41, 5.74) is 1.76. The third kappa shape index (κ3) is 5.41. The molecule has 1 heterocycles. The summed E-state index contributed by atoms with van der Waals surface area (Å²) in [4.78, 5) is 31.2. The number of esters is 1. The Morgan fingerprint density at radius 3 is 2.18 bits per heavy atom. The highest BCUT2D eigenvalue weighted by molar-refractivity contribution is 7.09. The van der Waals surface area contributed by atoms with Gasteiger partial charge in [0.05, 0.1) is 13.2 Å². The fourth-order valence-electron chi connectivity index (χ4n) is 2.70. The van der Waals surface area contributed by atoms with Crippen molar-refractivity contribution in [3.8, 4) is 0 Å². The SMILES string of the molecule is CCOC(=O)c1csc(CN(C(=O)c2ccc(C(C)(C)C)cc2)C(C)(C)C)n1. The number of ether oxygens (including phenoxy) is 1. The van der Waals surface area contributed by atoms with Crippen LogP contribution in [0.4, 0.5) is 0 Å². The van der Waals surface area contributed by atoms with E-state index in [1.165, 1.54) is 16.9 Å². The van der Waals surface area contributed by atoms with Crippen LogP contribution in [0.25, 0.3) is 0 Å². The number of benzene rings is 1. The molecular formula is C22H30N2O3S. The fraction of sp³-hybridized carbons (Fsp3) is 0.500. The summed E-state index contributed by atoms with van der Waals surface area (Å²) in [7, 11) is 0. The van der Waals surface area contributed by atoms with Gasteiger partial charge >= 0.3 is 5.97 Å². The molecule has 1 aromatic heterocycles. The fourth-order valence-corrected chi connectivity index (χ4v) is 3.45. The minimum absolute atomic E-state index is 0.0374. The number of nitrogens with zero attached hydrogens (tertiary/aromatic N) is 2. The number of rotatable bonds is 5. The zero-order valence-corrected chi connectivity index (χ0v) is 18.6. The lowest BCUT2D eigenvalue weighted by molar-refractivity contribution is 0.0520. The monoisotopic (exact) mass is 402 g/mol. The maximum atomic E-state index is 13.2. The van der Waals surface area contributed by atoms with E-state index in [0.29, 0.717) is 23.7 Å². The number of amides is 1. The Labute approximate surface area is 171 Å². The van der Waals surface area contributed by atoms with Crippen molar-refractivity contribution in [2.45, 2.75) is 66.0 Å². The summed E-state index contributed by atoms with van der Waals surface area (Å²) in [6, 6.07) is 7.79. The summed E-state index contributed by atoms with van der Waals surface area (Å²) in [6.07, 6.45) is 0. The Kier molecular flexibility index (Phi) is 6.65. The Bertz CT molecular complexity index is 827. The number of carbonyl (C=O) groups is 2. The molecule has 0 saturated carbocycles. The Hall–Kier alpha value is -2.21. The average molecular weight is 403 g/mol. The molecule has 0 spiro atoms. The average Bonchev–Trinajstić information content (AvgIpc) is 3.06. The van der Waals surface area contributed by atoms with Crippen molar-refractivity contribution in [2.24, 2.45) is 0 Å². The second-order valence-electron chi connectivity index (χ2n) is 8.74. The lowest BCUT2D eigenvalue weighted by Crippen LogP contribution is -2.45. The van der Waals surface area contributed by atoms with E-state index in [-0.39, 0.29) is 17.0 Å². The van der Waals surface area contributed by atoms with Crippen LogP contribution in [-0.2, 0) is 16.7 Å². The van der Waals surface area contributed by atoms with Crippen molar-refractivity contribution in [3.63, 3.8) is 0 Å². The van der Waals surface area contributed by atoms with E-state index in [4.69, 9.17) is 4.74 Å². The third-order valence-corrected chi connectivity index (χ3v) is 5.22. The maximum absolute atomic E-state index is 13.2. The van der Waals surface area contributed by atoms with Crippen LogP contribution in [0.15, 0.2) is 29.6 Å². The molecule has 1 aromatic carbocycles. The molecule has 0 radical (unpaired) electrons. The summed E-state index contributed by atoms with van der Waals surface area (Å²) in [5, 5.41) is 2.38. The molecule has 28 heavy (non-hydrogen) atoms. The molecule has 0 unspecified atom stereocenters. The second-order valence-corrected chi connectivity index (χ2v) is 9.68. The second kappa shape index (κ2) is 8.43. The van der Waals surface area contributed by atoms with Gasteiger partial charge in [0, 0.05) is 16.5 Å². The van der Waals surface area contributed by atoms with Gasteiger partial charge in [-0.2, -0.15) is 0 Å². The predicted molar refractivity (Wildman–Crippen MR) is 113 cm³/mol. The number of thiazole rings is 1. The maximum Gasteiger partial charge on any atom is 0.357 e. The summed E-state index contributed by atoms with van der Waals surface area (Å²) >= 11 is 1.36. The van der Waals surface area contributed by atoms with Crippen molar-refractivity contribution >= 4 is 23.2 Å². The van der Waals surface area contributed by atoms with Crippen LogP contribution in [0.1, 0.15) is 79.9 Å². The first kappa shape index (κ1) is 22.1. The quantitative estimate of drug-likeness (QED) is 0.656. The normalized spacial score (nSPS) is 12.0. The first-order valence-electron chi connectivity index (χ1n) is 9.47. The Morgan fingerprint density at radius 1 is 1.07 bits per heavy atom. The van der Waals surface area contributed by atoms with Gasteiger partial charge in [0.25, 0.3) is 5.91 Å². The number of hydrogen-bond donors (Lipinski definition) is 0. The molecule has 0 bridgehead atoms. The Morgan fingerprint density at radius 2 is 1.68 bits per heavy atom. The highest BCUT2D eigenvalue weighted by atomic mass is 32.1. The number of hydrogen-bond acceptors (Lipinski definition) is 5. The van der Waals surface area contributed by atoms with E-state index in [1.807, 2.05) is 45.0 Å². The van der Waals surface area contributed by atoms with Gasteiger partial charge in [0.1, 0.15) is 5.01 Å². The smallest absolute Gasteiger partial charge is 0.357 e. The van der Waals surface area contributed by atoms with Crippen molar-refractivity contribution < 1.29 is 14.3 Å². The van der Waals surface area contributed by atoms with E-state index < -0.39 is 11.5 Å². The molecule has 0 atom stereocenters. The largest absolute Gasteiger partial charge is 0.461 e. The minimum Gasteiger partial charge on any atom is -0.461 e. The van der Waals surface area contributed by atoms with E-state index in [2.05, 4.69) is 25.8 Å². The molecule has 152 valence electrons. The van der Waals surface area contributed by atoms with Gasteiger partial charge in [-0.15, -0.1) is 11.3 Å². The molecule has 0 saturated heterocycles. The van der Waals surface area contributed by atoms with Gasteiger partial charge in [-0.1, -0.05) is 32.9 Å². The lowest BCUT2D eigenvalue weighted by Gasteiger charge is -2.35. The highest BCUT2D eigenvalue weighted by Gasteiger charge is 2.29. The van der Waals surface area contributed by atoms with Crippen molar-refractivity contribution in [1.82, 2.24) is 9.88 Å². The molecule has 2 rings (SSSR count). The summed E-state index contributed by atoms with van der Waals surface area (Å²) in [6.45, 7) is 14.8. The van der Waals surface area contributed by atoms with Gasteiger partial charge in [-0.25, -0.2) is 9.78 Å².